The van der Waals surface area contributed by atoms with Gasteiger partial charge in [-0.05, 0) is 57.7 Å². The maximum atomic E-state index is 13.9. The Bertz CT molecular complexity index is 1690. The third-order valence-electron chi connectivity index (χ3n) is 9.50. The number of hydrogen-bond acceptors (Lipinski definition) is 6. The minimum Gasteiger partial charge on any atom is -0.481 e. The first kappa shape index (κ1) is 33.5. The highest BCUT2D eigenvalue weighted by molar-refractivity contribution is 7.85. The van der Waals surface area contributed by atoms with Crippen LogP contribution in [0.5, 0.6) is 0 Å². The molecule has 0 unspecified atom stereocenters. The molecule has 0 amide bonds. The summed E-state index contributed by atoms with van der Waals surface area (Å²) in [5.74, 6) is -0.990. The normalized spacial score (nSPS) is 19.5. The number of aliphatic carboxylic acids is 1. The van der Waals surface area contributed by atoms with Crippen molar-refractivity contribution >= 4 is 47.4 Å². The number of carbonyl (C=O) groups excluding carboxylic acids is 2. The molecule has 0 atom stereocenters. The highest BCUT2D eigenvalue weighted by Gasteiger charge is 2.46. The van der Waals surface area contributed by atoms with E-state index in [1.807, 2.05) is 43.3 Å². The number of benzene rings is 2. The van der Waals surface area contributed by atoms with Crippen LogP contribution in [0.25, 0.3) is 0 Å². The SMILES string of the molecule is CCOC(=O)CCCC[N+]1=C(/C=C2\C(=O)C(/C=C3/N(CCCCC(=O)O)c4ccccc4C3(C)C)=C2S)C(C)(C)c2ccccc21. The lowest BCUT2D eigenvalue weighted by atomic mass is 9.78. The molecule has 1 aliphatic carbocycles. The third-order valence-corrected chi connectivity index (χ3v) is 9.98. The Hall–Kier alpha value is -3.91. The summed E-state index contributed by atoms with van der Waals surface area (Å²) in [5, 5.41) is 9.13. The van der Waals surface area contributed by atoms with Gasteiger partial charge in [0.2, 0.25) is 5.69 Å². The monoisotopic (exact) mass is 641 g/mol. The van der Waals surface area contributed by atoms with Crippen molar-refractivity contribution in [1.82, 2.24) is 0 Å². The summed E-state index contributed by atoms with van der Waals surface area (Å²) in [7, 11) is 0. The summed E-state index contributed by atoms with van der Waals surface area (Å²) >= 11 is 4.89. The second-order valence-corrected chi connectivity index (χ2v) is 13.7. The Morgan fingerprint density at radius 3 is 2.28 bits per heavy atom. The van der Waals surface area contributed by atoms with Gasteiger partial charge in [0.1, 0.15) is 6.54 Å². The molecule has 0 fully saturated rings. The number of rotatable bonds is 13. The van der Waals surface area contributed by atoms with Gasteiger partial charge in [-0.25, -0.2) is 0 Å². The second-order valence-electron chi connectivity index (χ2n) is 13.3. The number of hydrogen-bond donors (Lipinski definition) is 2. The van der Waals surface area contributed by atoms with Crippen molar-refractivity contribution in [3.05, 3.63) is 93.6 Å². The number of allylic oxidation sites excluding steroid dienone is 5. The molecule has 2 aromatic carbocycles. The van der Waals surface area contributed by atoms with Crippen molar-refractivity contribution < 1.29 is 28.8 Å². The van der Waals surface area contributed by atoms with Gasteiger partial charge < -0.3 is 14.7 Å². The van der Waals surface area contributed by atoms with Crippen LogP contribution < -0.4 is 4.90 Å². The Kier molecular flexibility index (Phi) is 9.78. The van der Waals surface area contributed by atoms with E-state index in [1.165, 1.54) is 11.1 Å². The zero-order chi connectivity index (χ0) is 33.2. The van der Waals surface area contributed by atoms with Gasteiger partial charge in [0.15, 0.2) is 11.5 Å². The van der Waals surface area contributed by atoms with Crippen molar-refractivity contribution in [2.75, 3.05) is 24.6 Å². The molecular weight excluding hydrogens is 596 g/mol. The molecule has 5 rings (SSSR count). The lowest BCUT2D eigenvalue weighted by Gasteiger charge is -2.29. The van der Waals surface area contributed by atoms with E-state index >= 15 is 0 Å². The first-order chi connectivity index (χ1) is 21.9. The van der Waals surface area contributed by atoms with E-state index in [0.29, 0.717) is 42.0 Å². The molecule has 0 radical (unpaired) electrons. The van der Waals surface area contributed by atoms with Gasteiger partial charge in [-0.1, -0.05) is 50.2 Å². The number of ether oxygens (including phenoxy) is 1. The van der Waals surface area contributed by atoms with Crippen LogP contribution in [0.15, 0.2) is 82.4 Å². The lowest BCUT2D eigenvalue weighted by molar-refractivity contribution is -0.438. The van der Waals surface area contributed by atoms with E-state index in [-0.39, 0.29) is 29.0 Å². The summed E-state index contributed by atoms with van der Waals surface area (Å²) < 4.78 is 7.39. The van der Waals surface area contributed by atoms with Gasteiger partial charge in [-0.3, -0.25) is 14.4 Å². The molecule has 2 aliphatic heterocycles. The molecule has 0 bridgehead atoms. The summed E-state index contributed by atoms with van der Waals surface area (Å²) in [6, 6.07) is 16.6. The van der Waals surface area contributed by atoms with E-state index in [9.17, 15) is 14.4 Å². The largest absolute Gasteiger partial charge is 0.481 e. The average Bonchev–Trinajstić information content (AvgIpc) is 3.37. The van der Waals surface area contributed by atoms with Crippen LogP contribution in [0, 0.1) is 0 Å². The number of carboxylic acids is 1. The van der Waals surface area contributed by atoms with Crippen molar-refractivity contribution in [3.8, 4) is 0 Å². The van der Waals surface area contributed by atoms with Gasteiger partial charge >= 0.3 is 11.9 Å². The maximum absolute atomic E-state index is 13.9. The minimum absolute atomic E-state index is 0.0309. The van der Waals surface area contributed by atoms with E-state index in [4.69, 9.17) is 22.5 Å². The second kappa shape index (κ2) is 13.4. The highest BCUT2D eigenvalue weighted by atomic mass is 32.1. The molecule has 3 aliphatic rings. The van der Waals surface area contributed by atoms with E-state index in [2.05, 4.69) is 61.4 Å². The van der Waals surface area contributed by atoms with Crippen LogP contribution >= 0.6 is 12.6 Å². The number of para-hydroxylation sites is 2. The summed E-state index contributed by atoms with van der Waals surface area (Å²) in [6.07, 6.45) is 7.37. The molecular formula is C38H45N2O5S+. The van der Waals surface area contributed by atoms with Crippen molar-refractivity contribution in [2.45, 2.75) is 84.0 Å². The Labute approximate surface area is 277 Å². The van der Waals surface area contributed by atoms with Crippen molar-refractivity contribution in [2.24, 2.45) is 0 Å². The maximum Gasteiger partial charge on any atom is 0.305 e. The first-order valence-electron chi connectivity index (χ1n) is 16.3. The fraction of sp³-hybridized carbons (Fsp3) is 0.421. The fourth-order valence-electron chi connectivity index (χ4n) is 6.99. The molecule has 2 heterocycles. The molecule has 242 valence electrons. The molecule has 0 saturated carbocycles. The minimum atomic E-state index is -0.788. The summed E-state index contributed by atoms with van der Waals surface area (Å²) in [4.78, 5) is 39.8. The topological polar surface area (TPSA) is 86.9 Å². The molecule has 1 N–H and O–H groups in total. The van der Waals surface area contributed by atoms with E-state index in [0.717, 1.165) is 48.6 Å². The Balaban J connectivity index is 1.47. The predicted molar refractivity (Wildman–Crippen MR) is 185 cm³/mol. The molecule has 46 heavy (non-hydrogen) atoms. The third kappa shape index (κ3) is 6.24. The smallest absolute Gasteiger partial charge is 0.305 e. The summed E-state index contributed by atoms with van der Waals surface area (Å²) in [5.41, 5.74) is 7.19. The number of carbonyl (C=O) groups is 3. The number of nitrogens with zero attached hydrogens (tertiary/aromatic N) is 2. The van der Waals surface area contributed by atoms with Crippen molar-refractivity contribution in [3.63, 3.8) is 0 Å². The number of esters is 1. The molecule has 0 spiro atoms. The van der Waals surface area contributed by atoms with E-state index in [1.54, 1.807) is 0 Å². The number of thiol groups is 1. The number of unbranched alkanes of at least 4 members (excludes halogenated alkanes) is 2. The lowest BCUT2D eigenvalue weighted by Crippen LogP contribution is -2.31. The zero-order valence-corrected chi connectivity index (χ0v) is 28.5. The van der Waals surface area contributed by atoms with Gasteiger partial charge in [0.05, 0.1) is 12.0 Å². The summed E-state index contributed by atoms with van der Waals surface area (Å²) in [6.45, 7) is 12.3. The van der Waals surface area contributed by atoms with Gasteiger partial charge in [-0.15, -0.1) is 12.6 Å². The number of anilines is 1. The van der Waals surface area contributed by atoms with Gasteiger partial charge in [0.25, 0.3) is 0 Å². The van der Waals surface area contributed by atoms with Gasteiger partial charge in [-0.2, -0.15) is 4.58 Å². The number of ketones is 1. The van der Waals surface area contributed by atoms with Crippen molar-refractivity contribution in [1.29, 1.82) is 0 Å². The number of Topliss-reactive ketones (excluding diaryl/α,β-unsaturated/α-hetero) is 1. The quantitative estimate of drug-likeness (QED) is 0.0778. The zero-order valence-electron chi connectivity index (χ0n) is 27.6. The first-order valence-corrected chi connectivity index (χ1v) is 16.8. The average molecular weight is 642 g/mol. The predicted octanol–water partition coefficient (Wildman–Crippen LogP) is 7.43. The van der Waals surface area contributed by atoms with Crippen LogP contribution in [-0.2, 0) is 30.0 Å². The van der Waals surface area contributed by atoms with Crippen LogP contribution in [0.3, 0.4) is 0 Å². The molecule has 8 heteroatoms. The van der Waals surface area contributed by atoms with E-state index < -0.39 is 5.97 Å². The number of carboxylic acid groups (broad SMARTS) is 1. The Morgan fingerprint density at radius 1 is 0.913 bits per heavy atom. The standard InChI is InChI=1S/C38H44N2O5S/c1-6-45-34(43)20-12-14-22-40-30-18-10-8-16-28(30)38(4,5)32(40)24-26-35(44)25(36(26)46)23-31-37(2,3)27-15-7-9-17-29(27)39(31)21-13-11-19-33(41)42/h7-10,15-18,23-24H,6,11-14,19-22H2,1-5H3,(H-,41,42,44,46)/p+1. The van der Waals surface area contributed by atoms with Crippen LogP contribution in [0.1, 0.15) is 84.3 Å². The number of fused-ring (bicyclic) bond motifs is 2. The van der Waals surface area contributed by atoms with Crippen LogP contribution in [-0.4, -0.2) is 52.8 Å². The Morgan fingerprint density at radius 2 is 1.59 bits per heavy atom. The van der Waals surface area contributed by atoms with Gasteiger partial charge in [0, 0.05) is 76.4 Å². The molecule has 2 aromatic rings. The molecule has 0 aromatic heterocycles. The van der Waals surface area contributed by atoms with Crippen LogP contribution in [0.2, 0.25) is 0 Å². The fourth-order valence-corrected chi connectivity index (χ4v) is 7.32. The van der Waals surface area contributed by atoms with Crippen LogP contribution in [0.4, 0.5) is 11.4 Å². The molecule has 0 saturated heterocycles. The molecule has 7 nitrogen and oxygen atoms in total. The highest BCUT2D eigenvalue weighted by Crippen LogP contribution is 2.49.